The van der Waals surface area contributed by atoms with Gasteiger partial charge in [-0.05, 0) is 5.41 Å². The van der Waals surface area contributed by atoms with Gasteiger partial charge < -0.3 is 20.1 Å². The highest BCUT2D eigenvalue weighted by atomic mass is 16.5. The number of urea groups is 1. The van der Waals surface area contributed by atoms with Crippen molar-refractivity contribution >= 4 is 12.0 Å². The van der Waals surface area contributed by atoms with Gasteiger partial charge in [0.1, 0.15) is 6.04 Å². The molecule has 1 unspecified atom stereocenters. The number of nitrogens with one attached hydrogen (secondary N) is 1. The molecule has 0 radical (unpaired) electrons. The molecule has 6 heteroatoms. The van der Waals surface area contributed by atoms with Crippen LogP contribution < -0.4 is 5.32 Å². The highest BCUT2D eigenvalue weighted by Crippen LogP contribution is 2.19. The smallest absolute Gasteiger partial charge is 0.326 e. The molecular formula is C11H20N2O4. The first-order chi connectivity index (χ1) is 7.82. The number of aliphatic carboxylic acids is 1. The first-order valence-electron chi connectivity index (χ1n) is 5.68. The van der Waals surface area contributed by atoms with Gasteiger partial charge in [-0.1, -0.05) is 20.8 Å². The third-order valence-corrected chi connectivity index (χ3v) is 2.68. The number of amides is 2. The fourth-order valence-corrected chi connectivity index (χ4v) is 1.63. The molecule has 2 amide bonds. The van der Waals surface area contributed by atoms with E-state index in [1.165, 1.54) is 0 Å². The fraction of sp³-hybridized carbons (Fsp3) is 0.818. The van der Waals surface area contributed by atoms with Gasteiger partial charge in [0.15, 0.2) is 0 Å². The Morgan fingerprint density at radius 1 is 1.29 bits per heavy atom. The van der Waals surface area contributed by atoms with Gasteiger partial charge in [0, 0.05) is 13.1 Å². The molecule has 1 aliphatic rings. The zero-order valence-corrected chi connectivity index (χ0v) is 10.5. The number of carboxylic acids is 1. The fourth-order valence-electron chi connectivity index (χ4n) is 1.63. The third-order valence-electron chi connectivity index (χ3n) is 2.68. The van der Waals surface area contributed by atoms with Crippen LogP contribution in [0.25, 0.3) is 0 Å². The van der Waals surface area contributed by atoms with E-state index >= 15 is 0 Å². The summed E-state index contributed by atoms with van der Waals surface area (Å²) in [6.07, 6.45) is 0. The van der Waals surface area contributed by atoms with Crippen LogP contribution in [0.1, 0.15) is 20.8 Å². The van der Waals surface area contributed by atoms with Crippen LogP contribution in [-0.4, -0.2) is 54.4 Å². The van der Waals surface area contributed by atoms with E-state index in [2.05, 4.69) is 5.32 Å². The van der Waals surface area contributed by atoms with Crippen molar-refractivity contribution in [3.8, 4) is 0 Å². The van der Waals surface area contributed by atoms with Gasteiger partial charge in [0.05, 0.1) is 13.2 Å². The van der Waals surface area contributed by atoms with Gasteiger partial charge in [-0.15, -0.1) is 0 Å². The second-order valence-electron chi connectivity index (χ2n) is 5.19. The average Bonchev–Trinajstić information content (AvgIpc) is 2.24. The summed E-state index contributed by atoms with van der Waals surface area (Å²) in [6.45, 7) is 7.36. The Morgan fingerprint density at radius 3 is 2.24 bits per heavy atom. The Morgan fingerprint density at radius 2 is 1.82 bits per heavy atom. The monoisotopic (exact) mass is 244 g/mol. The summed E-state index contributed by atoms with van der Waals surface area (Å²) in [6, 6.07) is -1.23. The second-order valence-corrected chi connectivity index (χ2v) is 5.19. The van der Waals surface area contributed by atoms with Crippen molar-refractivity contribution in [1.29, 1.82) is 0 Å². The normalized spacial score (nSPS) is 18.6. The Bertz CT molecular complexity index is 292. The standard InChI is InChI=1S/C11H20N2O4/c1-11(2,3)8(9(14)15)12-10(16)13-4-6-17-7-5-13/h8H,4-7H2,1-3H3,(H,12,16)(H,14,15). The number of carbonyl (C=O) groups excluding carboxylic acids is 1. The number of rotatable bonds is 2. The molecule has 2 N–H and O–H groups in total. The summed E-state index contributed by atoms with van der Waals surface area (Å²) in [5.41, 5.74) is -0.520. The van der Waals surface area contributed by atoms with Crippen molar-refractivity contribution < 1.29 is 19.4 Å². The minimum Gasteiger partial charge on any atom is -0.480 e. The maximum Gasteiger partial charge on any atom is 0.326 e. The number of hydrogen-bond donors (Lipinski definition) is 2. The molecule has 0 spiro atoms. The van der Waals surface area contributed by atoms with Crippen molar-refractivity contribution in [3.63, 3.8) is 0 Å². The van der Waals surface area contributed by atoms with Crippen LogP contribution in [0, 0.1) is 5.41 Å². The summed E-state index contributed by atoms with van der Waals surface area (Å²) < 4.78 is 5.13. The Labute approximate surface area is 101 Å². The van der Waals surface area contributed by atoms with Crippen molar-refractivity contribution in [2.75, 3.05) is 26.3 Å². The molecular weight excluding hydrogens is 224 g/mol. The molecule has 1 atom stereocenters. The van der Waals surface area contributed by atoms with E-state index in [1.807, 2.05) is 0 Å². The number of morpholine rings is 1. The van der Waals surface area contributed by atoms with E-state index in [4.69, 9.17) is 9.84 Å². The summed E-state index contributed by atoms with van der Waals surface area (Å²) in [5.74, 6) is -1.01. The molecule has 0 saturated carbocycles. The lowest BCUT2D eigenvalue weighted by atomic mass is 9.87. The molecule has 1 aliphatic heterocycles. The van der Waals surface area contributed by atoms with Crippen molar-refractivity contribution in [2.45, 2.75) is 26.8 Å². The van der Waals surface area contributed by atoms with E-state index in [-0.39, 0.29) is 6.03 Å². The lowest BCUT2D eigenvalue weighted by Crippen LogP contribution is -2.55. The average molecular weight is 244 g/mol. The number of ether oxygens (including phenoxy) is 1. The Hall–Kier alpha value is -1.30. The maximum atomic E-state index is 11.9. The number of hydrogen-bond acceptors (Lipinski definition) is 3. The summed E-state index contributed by atoms with van der Waals surface area (Å²) in [5, 5.41) is 11.7. The predicted molar refractivity (Wildman–Crippen MR) is 61.8 cm³/mol. The number of carbonyl (C=O) groups is 2. The zero-order chi connectivity index (χ0) is 13.1. The number of carboxylic acid groups (broad SMARTS) is 1. The minimum absolute atomic E-state index is 0.337. The maximum absolute atomic E-state index is 11.9. The van der Waals surface area contributed by atoms with Crippen LogP contribution in [0.2, 0.25) is 0 Å². The van der Waals surface area contributed by atoms with Crippen molar-refractivity contribution in [1.82, 2.24) is 10.2 Å². The van der Waals surface area contributed by atoms with E-state index in [9.17, 15) is 9.59 Å². The summed E-state index contributed by atoms with van der Waals surface area (Å²) in [7, 11) is 0. The van der Waals surface area contributed by atoms with E-state index < -0.39 is 17.4 Å². The largest absolute Gasteiger partial charge is 0.480 e. The van der Waals surface area contributed by atoms with Crippen LogP contribution in [0.15, 0.2) is 0 Å². The molecule has 0 aliphatic carbocycles. The highest BCUT2D eigenvalue weighted by Gasteiger charge is 2.33. The summed E-state index contributed by atoms with van der Waals surface area (Å²) >= 11 is 0. The lowest BCUT2D eigenvalue weighted by Gasteiger charge is -2.32. The van der Waals surface area contributed by atoms with Crippen LogP contribution in [-0.2, 0) is 9.53 Å². The molecule has 0 aromatic carbocycles. The Kier molecular flexibility index (Phi) is 4.34. The topological polar surface area (TPSA) is 78.9 Å². The van der Waals surface area contributed by atoms with Gasteiger partial charge in [-0.3, -0.25) is 0 Å². The van der Waals surface area contributed by atoms with Gasteiger partial charge in [-0.25, -0.2) is 9.59 Å². The van der Waals surface area contributed by atoms with Crippen LogP contribution >= 0.6 is 0 Å². The lowest BCUT2D eigenvalue weighted by molar-refractivity contribution is -0.142. The van der Waals surface area contributed by atoms with Crippen LogP contribution in [0.3, 0.4) is 0 Å². The van der Waals surface area contributed by atoms with E-state index in [0.29, 0.717) is 26.3 Å². The second kappa shape index (κ2) is 5.35. The first kappa shape index (κ1) is 13.8. The zero-order valence-electron chi connectivity index (χ0n) is 10.5. The molecule has 1 saturated heterocycles. The predicted octanol–water partition coefficient (Wildman–Crippen LogP) is 0.527. The quantitative estimate of drug-likeness (QED) is 0.742. The molecule has 17 heavy (non-hydrogen) atoms. The molecule has 1 rings (SSSR count). The van der Waals surface area contributed by atoms with Crippen LogP contribution in [0.4, 0.5) is 4.79 Å². The van der Waals surface area contributed by atoms with Gasteiger partial charge in [-0.2, -0.15) is 0 Å². The molecule has 0 bridgehead atoms. The van der Waals surface area contributed by atoms with Crippen molar-refractivity contribution in [3.05, 3.63) is 0 Å². The SMILES string of the molecule is CC(C)(C)C(NC(=O)N1CCOCC1)C(=O)O. The molecule has 0 aromatic rings. The van der Waals surface area contributed by atoms with Gasteiger partial charge in [0.2, 0.25) is 0 Å². The molecule has 1 heterocycles. The molecule has 6 nitrogen and oxygen atoms in total. The minimum atomic E-state index is -1.01. The van der Waals surface area contributed by atoms with Gasteiger partial charge >= 0.3 is 12.0 Å². The summed E-state index contributed by atoms with van der Waals surface area (Å²) in [4.78, 5) is 24.5. The highest BCUT2D eigenvalue weighted by molar-refractivity contribution is 5.83. The van der Waals surface area contributed by atoms with Gasteiger partial charge in [0.25, 0.3) is 0 Å². The number of nitrogens with zero attached hydrogens (tertiary/aromatic N) is 1. The first-order valence-corrected chi connectivity index (χ1v) is 5.68. The Balaban J connectivity index is 2.60. The van der Waals surface area contributed by atoms with E-state index in [0.717, 1.165) is 0 Å². The molecule has 0 aromatic heterocycles. The molecule has 1 fully saturated rings. The van der Waals surface area contributed by atoms with E-state index in [1.54, 1.807) is 25.7 Å². The third kappa shape index (κ3) is 3.89. The molecule has 98 valence electrons. The van der Waals surface area contributed by atoms with Crippen LogP contribution in [0.5, 0.6) is 0 Å². The van der Waals surface area contributed by atoms with Crippen molar-refractivity contribution in [2.24, 2.45) is 5.41 Å².